The van der Waals surface area contributed by atoms with Gasteiger partial charge in [-0.3, -0.25) is 0 Å². The van der Waals surface area contributed by atoms with Crippen LogP contribution in [-0.2, 0) is 5.41 Å². The molecular formula is C41H52N2O2. The molecule has 0 saturated heterocycles. The zero-order valence-electron chi connectivity index (χ0n) is 27.2. The monoisotopic (exact) mass is 604 g/mol. The van der Waals surface area contributed by atoms with E-state index in [0.717, 1.165) is 41.8 Å². The lowest BCUT2D eigenvalue weighted by molar-refractivity contribution is 0.250. The lowest BCUT2D eigenvalue weighted by Gasteiger charge is -2.41. The van der Waals surface area contributed by atoms with Crippen LogP contribution in [-0.4, -0.2) is 0 Å². The van der Waals surface area contributed by atoms with Crippen LogP contribution in [0.5, 0.6) is 23.0 Å². The number of hydrogen-bond donors (Lipinski definition) is 2. The molecule has 0 radical (unpaired) electrons. The summed E-state index contributed by atoms with van der Waals surface area (Å²) in [6.45, 7) is 2.29. The summed E-state index contributed by atoms with van der Waals surface area (Å²) >= 11 is 0. The molecule has 238 valence electrons. The van der Waals surface area contributed by atoms with Gasteiger partial charge < -0.3 is 20.9 Å². The number of nitrogen functional groups attached to an aromatic ring is 2. The summed E-state index contributed by atoms with van der Waals surface area (Å²) < 4.78 is 12.3. The van der Waals surface area contributed by atoms with Crippen molar-refractivity contribution < 1.29 is 9.47 Å². The molecule has 0 amide bonds. The molecule has 4 nitrogen and oxygen atoms in total. The molecule has 4 heteroatoms. The van der Waals surface area contributed by atoms with Crippen molar-refractivity contribution in [1.82, 2.24) is 0 Å². The van der Waals surface area contributed by atoms with Crippen molar-refractivity contribution >= 4 is 11.4 Å². The molecule has 4 N–H and O–H groups in total. The van der Waals surface area contributed by atoms with Crippen LogP contribution in [0.1, 0.15) is 108 Å². The van der Waals surface area contributed by atoms with Crippen molar-refractivity contribution in [2.45, 2.75) is 102 Å². The average Bonchev–Trinajstić information content (AvgIpc) is 3.05. The van der Waals surface area contributed by atoms with Gasteiger partial charge in [-0.25, -0.2) is 0 Å². The third kappa shape index (κ3) is 9.29. The first-order valence-electron chi connectivity index (χ1n) is 17.3. The first-order valence-corrected chi connectivity index (χ1v) is 17.3. The van der Waals surface area contributed by atoms with Gasteiger partial charge in [0.25, 0.3) is 0 Å². The normalized spacial score (nSPS) is 14.7. The predicted molar refractivity (Wildman–Crippen MR) is 189 cm³/mol. The highest BCUT2D eigenvalue weighted by molar-refractivity contribution is 5.48. The number of rotatable bonds is 16. The van der Waals surface area contributed by atoms with E-state index in [-0.39, 0.29) is 5.41 Å². The number of benzene rings is 4. The molecule has 1 fully saturated rings. The highest BCUT2D eigenvalue weighted by Gasteiger charge is 2.38. The van der Waals surface area contributed by atoms with E-state index in [1.54, 1.807) is 0 Å². The predicted octanol–water partition coefficient (Wildman–Crippen LogP) is 11.8. The molecule has 0 spiro atoms. The van der Waals surface area contributed by atoms with Crippen molar-refractivity contribution in [3.05, 3.63) is 108 Å². The Labute approximate surface area is 271 Å². The Balaban J connectivity index is 1.25. The fourth-order valence-electron chi connectivity index (χ4n) is 7.06. The van der Waals surface area contributed by atoms with Crippen LogP contribution in [0.25, 0.3) is 0 Å². The molecular weight excluding hydrogens is 552 g/mol. The maximum absolute atomic E-state index is 6.13. The zero-order chi connectivity index (χ0) is 31.3. The molecule has 1 aliphatic rings. The number of nitrogens with two attached hydrogens (primary N) is 2. The summed E-state index contributed by atoms with van der Waals surface area (Å²) in [6.07, 6.45) is 18.7. The second kappa shape index (κ2) is 16.4. The van der Waals surface area contributed by atoms with Crippen molar-refractivity contribution in [2.24, 2.45) is 5.92 Å². The van der Waals surface area contributed by atoms with Crippen LogP contribution >= 0.6 is 0 Å². The number of anilines is 2. The minimum Gasteiger partial charge on any atom is -0.457 e. The van der Waals surface area contributed by atoms with E-state index in [1.165, 1.54) is 88.2 Å². The van der Waals surface area contributed by atoms with E-state index in [1.807, 2.05) is 48.5 Å². The molecule has 4 aromatic rings. The van der Waals surface area contributed by atoms with E-state index in [0.29, 0.717) is 11.4 Å². The lowest BCUT2D eigenvalue weighted by Crippen LogP contribution is -2.33. The Morgan fingerprint density at radius 2 is 1.00 bits per heavy atom. The molecule has 0 heterocycles. The largest absolute Gasteiger partial charge is 0.457 e. The number of hydrogen-bond acceptors (Lipinski definition) is 4. The topological polar surface area (TPSA) is 70.5 Å². The van der Waals surface area contributed by atoms with Crippen LogP contribution in [0.3, 0.4) is 0 Å². The molecule has 1 aliphatic carbocycles. The first kappa shape index (κ1) is 32.5. The molecule has 0 bridgehead atoms. The Morgan fingerprint density at radius 3 is 1.44 bits per heavy atom. The second-order valence-electron chi connectivity index (χ2n) is 13.0. The van der Waals surface area contributed by atoms with Crippen molar-refractivity contribution in [3.8, 4) is 23.0 Å². The van der Waals surface area contributed by atoms with Gasteiger partial charge in [0.2, 0.25) is 0 Å². The van der Waals surface area contributed by atoms with E-state index >= 15 is 0 Å². The SMILES string of the molecule is CCCCCCCCCCCC1CCC(c2ccc(Oc3cccc(N)c3)cc2)(c2ccc(Oc3cccc(N)c3)cc2)CC1. The molecule has 0 atom stereocenters. The summed E-state index contributed by atoms with van der Waals surface area (Å²) in [5.41, 5.74) is 16.0. The number of unbranched alkanes of at least 4 members (excludes halogenated alkanes) is 8. The van der Waals surface area contributed by atoms with Gasteiger partial charge in [-0.15, -0.1) is 0 Å². The smallest absolute Gasteiger partial charge is 0.129 e. The molecule has 45 heavy (non-hydrogen) atoms. The van der Waals surface area contributed by atoms with Crippen LogP contribution in [0, 0.1) is 5.92 Å². The fraction of sp³-hybridized carbons (Fsp3) is 0.415. The van der Waals surface area contributed by atoms with Gasteiger partial charge in [0.1, 0.15) is 23.0 Å². The second-order valence-corrected chi connectivity index (χ2v) is 13.0. The van der Waals surface area contributed by atoms with Gasteiger partial charge in [0.15, 0.2) is 0 Å². The van der Waals surface area contributed by atoms with Gasteiger partial charge in [-0.05, 0) is 91.3 Å². The quantitative estimate of drug-likeness (QED) is 0.0986. The minimum atomic E-state index is -0.0274. The Hall–Kier alpha value is -3.92. The van der Waals surface area contributed by atoms with Gasteiger partial charge in [0, 0.05) is 28.9 Å². The van der Waals surface area contributed by atoms with Gasteiger partial charge >= 0.3 is 0 Å². The van der Waals surface area contributed by atoms with E-state index < -0.39 is 0 Å². The van der Waals surface area contributed by atoms with Crippen molar-refractivity contribution in [3.63, 3.8) is 0 Å². The molecule has 0 aliphatic heterocycles. The third-order valence-corrected chi connectivity index (χ3v) is 9.68. The Kier molecular flexibility index (Phi) is 11.8. The molecule has 1 saturated carbocycles. The van der Waals surface area contributed by atoms with Gasteiger partial charge in [-0.1, -0.05) is 108 Å². The van der Waals surface area contributed by atoms with Gasteiger partial charge in [-0.2, -0.15) is 0 Å². The summed E-state index contributed by atoms with van der Waals surface area (Å²) in [5.74, 6) is 3.98. The Bertz CT molecular complexity index is 1350. The van der Waals surface area contributed by atoms with Crippen molar-refractivity contribution in [1.29, 1.82) is 0 Å². The number of ether oxygens (including phenoxy) is 2. The maximum atomic E-state index is 6.13. The van der Waals surface area contributed by atoms with Crippen molar-refractivity contribution in [2.75, 3.05) is 11.5 Å². The average molecular weight is 605 g/mol. The van der Waals surface area contributed by atoms with E-state index in [4.69, 9.17) is 20.9 Å². The molecule has 4 aromatic carbocycles. The standard InChI is InChI=1S/C41H52N2O2/c1-2-3-4-5-6-7-8-9-10-13-32-26-28-41(29-27-32,33-18-22-37(23-19-33)44-39-16-11-14-35(42)30-39)34-20-24-38(25-21-34)45-40-17-12-15-36(43)31-40/h11-12,14-25,30-32H,2-10,13,26-29,42-43H2,1H3. The first-order chi connectivity index (χ1) is 22.0. The van der Waals surface area contributed by atoms with Crippen LogP contribution < -0.4 is 20.9 Å². The highest BCUT2D eigenvalue weighted by Crippen LogP contribution is 2.48. The molecule has 0 unspecified atom stereocenters. The third-order valence-electron chi connectivity index (χ3n) is 9.68. The van der Waals surface area contributed by atoms with Crippen LogP contribution in [0.2, 0.25) is 0 Å². The summed E-state index contributed by atoms with van der Waals surface area (Å²) in [6, 6.07) is 32.6. The maximum Gasteiger partial charge on any atom is 0.129 e. The minimum absolute atomic E-state index is 0.0274. The molecule has 5 rings (SSSR count). The van der Waals surface area contributed by atoms with Gasteiger partial charge in [0.05, 0.1) is 0 Å². The zero-order valence-corrected chi connectivity index (χ0v) is 27.2. The summed E-state index contributed by atoms with van der Waals surface area (Å²) in [4.78, 5) is 0. The fourth-order valence-corrected chi connectivity index (χ4v) is 7.06. The summed E-state index contributed by atoms with van der Waals surface area (Å²) in [5, 5.41) is 0. The van der Waals surface area contributed by atoms with E-state index in [9.17, 15) is 0 Å². The van der Waals surface area contributed by atoms with Crippen LogP contribution in [0.15, 0.2) is 97.1 Å². The highest BCUT2D eigenvalue weighted by atomic mass is 16.5. The molecule has 0 aromatic heterocycles. The lowest BCUT2D eigenvalue weighted by atomic mass is 9.62. The van der Waals surface area contributed by atoms with E-state index in [2.05, 4.69) is 55.5 Å². The van der Waals surface area contributed by atoms with Crippen LogP contribution in [0.4, 0.5) is 11.4 Å². The summed E-state index contributed by atoms with van der Waals surface area (Å²) in [7, 11) is 0. The Morgan fingerprint density at radius 1 is 0.556 bits per heavy atom.